The van der Waals surface area contributed by atoms with Crippen LogP contribution in [0, 0.1) is 5.92 Å². The highest BCUT2D eigenvalue weighted by Crippen LogP contribution is 2.43. The van der Waals surface area contributed by atoms with E-state index in [0.29, 0.717) is 32.6 Å². The third-order valence-corrected chi connectivity index (χ3v) is 8.86. The molecule has 2 heterocycles. The van der Waals surface area contributed by atoms with E-state index in [9.17, 15) is 18.0 Å². The maximum Gasteiger partial charge on any atom is 0.233 e. The Morgan fingerprint density at radius 3 is 2.10 bits per heavy atom. The van der Waals surface area contributed by atoms with Crippen molar-refractivity contribution in [2.24, 2.45) is 5.92 Å². The summed E-state index contributed by atoms with van der Waals surface area (Å²) in [7, 11) is -2.97. The first-order valence-electron chi connectivity index (χ1n) is 11.2. The maximum atomic E-state index is 13.6. The van der Waals surface area contributed by atoms with Gasteiger partial charge in [-0.1, -0.05) is 43.2 Å². The predicted molar refractivity (Wildman–Crippen MR) is 116 cm³/mol. The number of likely N-dealkylation sites (tertiary alicyclic amines) is 1. The number of piperidine rings is 1. The topological polar surface area (TPSA) is 74.8 Å². The van der Waals surface area contributed by atoms with E-state index >= 15 is 0 Å². The van der Waals surface area contributed by atoms with Crippen LogP contribution in [0.4, 0.5) is 0 Å². The summed E-state index contributed by atoms with van der Waals surface area (Å²) in [5.74, 6) is 0.750. The lowest BCUT2D eigenvalue weighted by atomic mass is 9.77. The van der Waals surface area contributed by atoms with Crippen LogP contribution in [0.5, 0.6) is 0 Å². The van der Waals surface area contributed by atoms with Crippen LogP contribution in [0.3, 0.4) is 0 Å². The van der Waals surface area contributed by atoms with E-state index < -0.39 is 9.84 Å². The van der Waals surface area contributed by atoms with Gasteiger partial charge >= 0.3 is 0 Å². The molecule has 0 N–H and O–H groups in total. The molecule has 30 heavy (non-hydrogen) atoms. The number of carbonyl (C=O) groups excluding carboxylic acids is 2. The second-order valence-corrected chi connectivity index (χ2v) is 11.4. The minimum atomic E-state index is -2.97. The molecule has 2 amide bonds. The first kappa shape index (κ1) is 21.3. The lowest BCUT2D eigenvalue weighted by molar-refractivity contribution is -0.139. The van der Waals surface area contributed by atoms with Gasteiger partial charge in [-0.3, -0.25) is 9.59 Å². The Balaban J connectivity index is 1.33. The Labute approximate surface area is 179 Å². The zero-order chi connectivity index (χ0) is 21.2. The molecule has 1 saturated carbocycles. The summed E-state index contributed by atoms with van der Waals surface area (Å²) in [4.78, 5) is 29.9. The Morgan fingerprint density at radius 1 is 0.900 bits per heavy atom. The minimum absolute atomic E-state index is 0.0613. The van der Waals surface area contributed by atoms with Gasteiger partial charge in [-0.2, -0.15) is 0 Å². The van der Waals surface area contributed by atoms with Gasteiger partial charge in [-0.05, 0) is 37.2 Å². The SMILES string of the molecule is O=C(CC1CCN(C(=O)C2(c3ccccc3)CCCC2)CC1)N1CCS(=O)(=O)CC1. The molecule has 0 aromatic heterocycles. The Hall–Kier alpha value is -1.89. The molecule has 0 spiro atoms. The van der Waals surface area contributed by atoms with Crippen molar-refractivity contribution in [3.8, 4) is 0 Å². The molecule has 1 aromatic rings. The normalized spacial score (nSPS) is 24.0. The molecular weight excluding hydrogens is 400 g/mol. The molecule has 4 rings (SSSR count). The summed E-state index contributed by atoms with van der Waals surface area (Å²) in [5, 5.41) is 0. The van der Waals surface area contributed by atoms with Crippen LogP contribution in [0.15, 0.2) is 30.3 Å². The van der Waals surface area contributed by atoms with Gasteiger partial charge in [-0.15, -0.1) is 0 Å². The highest BCUT2D eigenvalue weighted by Gasteiger charge is 2.45. The Morgan fingerprint density at radius 2 is 1.50 bits per heavy atom. The Kier molecular flexibility index (Phi) is 6.19. The Bertz CT molecular complexity index is 856. The van der Waals surface area contributed by atoms with Crippen molar-refractivity contribution in [3.05, 3.63) is 35.9 Å². The number of nitrogens with zero attached hydrogens (tertiary/aromatic N) is 2. The van der Waals surface area contributed by atoms with E-state index in [-0.39, 0.29) is 34.7 Å². The van der Waals surface area contributed by atoms with Crippen LogP contribution >= 0.6 is 0 Å². The number of benzene rings is 1. The molecule has 3 aliphatic rings. The lowest BCUT2D eigenvalue weighted by Crippen LogP contribution is -2.49. The molecule has 6 nitrogen and oxygen atoms in total. The van der Waals surface area contributed by atoms with Crippen LogP contribution in [0.2, 0.25) is 0 Å². The van der Waals surface area contributed by atoms with Gasteiger partial charge in [0, 0.05) is 32.6 Å². The van der Waals surface area contributed by atoms with E-state index in [1.54, 1.807) is 4.90 Å². The molecule has 164 valence electrons. The number of carbonyl (C=O) groups is 2. The second-order valence-electron chi connectivity index (χ2n) is 9.13. The predicted octanol–water partition coefficient (Wildman–Crippen LogP) is 2.38. The zero-order valence-electron chi connectivity index (χ0n) is 17.6. The van der Waals surface area contributed by atoms with Crippen LogP contribution in [0.1, 0.15) is 50.5 Å². The van der Waals surface area contributed by atoms with Gasteiger partial charge in [0.1, 0.15) is 0 Å². The van der Waals surface area contributed by atoms with Crippen molar-refractivity contribution in [2.75, 3.05) is 37.7 Å². The highest BCUT2D eigenvalue weighted by atomic mass is 32.2. The highest BCUT2D eigenvalue weighted by molar-refractivity contribution is 7.91. The molecule has 2 saturated heterocycles. The number of sulfone groups is 1. The molecule has 0 unspecified atom stereocenters. The third-order valence-electron chi connectivity index (χ3n) is 7.26. The first-order valence-corrected chi connectivity index (χ1v) is 13.0. The summed E-state index contributed by atoms with van der Waals surface area (Å²) in [6, 6.07) is 10.2. The average molecular weight is 433 g/mol. The molecule has 1 aromatic carbocycles. The average Bonchev–Trinajstić information content (AvgIpc) is 3.25. The van der Waals surface area contributed by atoms with Crippen molar-refractivity contribution in [1.29, 1.82) is 0 Å². The fourth-order valence-corrected chi connectivity index (χ4v) is 6.54. The van der Waals surface area contributed by atoms with Crippen LogP contribution in [-0.4, -0.2) is 67.7 Å². The number of amides is 2. The van der Waals surface area contributed by atoms with E-state index in [1.807, 2.05) is 23.1 Å². The van der Waals surface area contributed by atoms with E-state index in [2.05, 4.69) is 12.1 Å². The van der Waals surface area contributed by atoms with Gasteiger partial charge in [0.05, 0.1) is 16.9 Å². The maximum absolute atomic E-state index is 13.6. The van der Waals surface area contributed by atoms with E-state index in [0.717, 1.165) is 44.1 Å². The number of hydrogen-bond donors (Lipinski definition) is 0. The van der Waals surface area contributed by atoms with Crippen molar-refractivity contribution >= 4 is 21.7 Å². The molecule has 0 atom stereocenters. The summed E-state index contributed by atoms with van der Waals surface area (Å²) in [5.41, 5.74) is 0.772. The van der Waals surface area contributed by atoms with Crippen LogP contribution in [0.25, 0.3) is 0 Å². The lowest BCUT2D eigenvalue weighted by Gasteiger charge is -2.39. The summed E-state index contributed by atoms with van der Waals surface area (Å²) >= 11 is 0. The fourth-order valence-electron chi connectivity index (χ4n) is 5.34. The molecule has 7 heteroatoms. The third kappa shape index (κ3) is 4.41. The van der Waals surface area contributed by atoms with Crippen LogP contribution in [-0.2, 0) is 24.8 Å². The van der Waals surface area contributed by atoms with Crippen molar-refractivity contribution < 1.29 is 18.0 Å². The van der Waals surface area contributed by atoms with Gasteiger partial charge in [0.25, 0.3) is 0 Å². The smallest absolute Gasteiger partial charge is 0.233 e. The van der Waals surface area contributed by atoms with Crippen molar-refractivity contribution in [2.45, 2.75) is 50.4 Å². The minimum Gasteiger partial charge on any atom is -0.342 e. The van der Waals surface area contributed by atoms with Crippen molar-refractivity contribution in [3.63, 3.8) is 0 Å². The molecule has 2 aliphatic heterocycles. The number of hydrogen-bond acceptors (Lipinski definition) is 4. The summed E-state index contributed by atoms with van der Waals surface area (Å²) < 4.78 is 23.1. The fraction of sp³-hybridized carbons (Fsp3) is 0.652. The quantitative estimate of drug-likeness (QED) is 0.732. The summed E-state index contributed by atoms with van der Waals surface area (Å²) in [6.07, 6.45) is 6.18. The molecule has 0 bridgehead atoms. The molecule has 1 aliphatic carbocycles. The van der Waals surface area contributed by atoms with Crippen molar-refractivity contribution in [1.82, 2.24) is 9.80 Å². The monoisotopic (exact) mass is 432 g/mol. The molecule has 0 radical (unpaired) electrons. The van der Waals surface area contributed by atoms with E-state index in [1.165, 1.54) is 0 Å². The largest absolute Gasteiger partial charge is 0.342 e. The molecular formula is C23H32N2O4S. The van der Waals surface area contributed by atoms with Gasteiger partial charge < -0.3 is 9.80 Å². The standard InChI is InChI=1S/C23H32N2O4S/c26-21(24-14-16-30(28,29)17-15-24)18-19-8-12-25(13-9-19)22(27)23(10-4-5-11-23)20-6-2-1-3-7-20/h1-3,6-7,19H,4-5,8-18H2. The van der Waals surface area contributed by atoms with Crippen LogP contribution < -0.4 is 0 Å². The second kappa shape index (κ2) is 8.69. The van der Waals surface area contributed by atoms with Gasteiger partial charge in [0.15, 0.2) is 9.84 Å². The van der Waals surface area contributed by atoms with Gasteiger partial charge in [0.2, 0.25) is 11.8 Å². The number of rotatable bonds is 4. The van der Waals surface area contributed by atoms with E-state index in [4.69, 9.17) is 0 Å². The molecule has 3 fully saturated rings. The summed E-state index contributed by atoms with van der Waals surface area (Å²) in [6.45, 7) is 2.05. The zero-order valence-corrected chi connectivity index (χ0v) is 18.4. The first-order chi connectivity index (χ1) is 14.4. The van der Waals surface area contributed by atoms with Gasteiger partial charge in [-0.25, -0.2) is 8.42 Å².